The van der Waals surface area contributed by atoms with Crippen molar-refractivity contribution in [2.24, 2.45) is 23.7 Å². The van der Waals surface area contributed by atoms with Gasteiger partial charge in [0, 0.05) is 41.3 Å². The maximum atomic E-state index is 13.4. The molecule has 0 aromatic rings. The van der Waals surface area contributed by atoms with Gasteiger partial charge in [-0.25, -0.2) is 0 Å². The molecule has 0 aromatic heterocycles. The van der Waals surface area contributed by atoms with Crippen LogP contribution < -0.4 is 0 Å². The second-order valence-electron chi connectivity index (χ2n) is 7.22. The van der Waals surface area contributed by atoms with Gasteiger partial charge in [-0.05, 0) is 43.6 Å². The van der Waals surface area contributed by atoms with Gasteiger partial charge in [-0.15, -0.1) is 0 Å². The van der Waals surface area contributed by atoms with Gasteiger partial charge >= 0.3 is 6.18 Å². The van der Waals surface area contributed by atoms with Crippen LogP contribution >= 0.6 is 22.6 Å². The highest BCUT2D eigenvalue weighted by molar-refractivity contribution is 14.1. The fraction of sp³-hybridized carbons (Fsp3) is 0.833. The summed E-state index contributed by atoms with van der Waals surface area (Å²) in [4.78, 5) is 13.7. The molecule has 0 N–H and O–H groups in total. The third-order valence-electron chi connectivity index (χ3n) is 5.82. The number of halogens is 4. The Hall–Kier alpha value is -0.110. The molecule has 2 aliphatic rings. The number of rotatable bonds is 6. The van der Waals surface area contributed by atoms with Crippen molar-refractivity contribution in [1.82, 2.24) is 4.90 Å². The first-order valence-electron chi connectivity index (χ1n) is 8.95. The third-order valence-corrected chi connectivity index (χ3v) is 6.51. The number of hydrogen-bond donors (Lipinski definition) is 0. The van der Waals surface area contributed by atoms with Gasteiger partial charge in [0.2, 0.25) is 3.79 Å². The predicted molar refractivity (Wildman–Crippen MR) is 98.0 cm³/mol. The molecule has 138 valence electrons. The van der Waals surface area contributed by atoms with Gasteiger partial charge in [-0.3, -0.25) is 4.79 Å². The molecule has 0 aromatic carbocycles. The summed E-state index contributed by atoms with van der Waals surface area (Å²) in [5.41, 5.74) is 0.338. The van der Waals surface area contributed by atoms with Crippen molar-refractivity contribution in [1.29, 1.82) is 0 Å². The molecule has 1 fully saturated rings. The lowest BCUT2D eigenvalue weighted by Gasteiger charge is -2.34. The van der Waals surface area contributed by atoms with Crippen molar-refractivity contribution >= 4 is 26.4 Å². The molecule has 0 saturated carbocycles. The Labute approximate surface area is 156 Å². The van der Waals surface area contributed by atoms with E-state index in [9.17, 15) is 18.0 Å². The molecule has 0 bridgehead atoms. The standard InChI is InChI=1S/C18H27F3INO/c1-3-12(4-2)14-7-8-23(10-14)11-15-6-5-13(17(22)24)9-16(15)18(19,20)21/h9,12,14-16H,3-8,10-11H2,1-2H3/t14-,15?,16?/m0/s1. The molecular weight excluding hydrogens is 430 g/mol. The Morgan fingerprint density at radius 2 is 2.00 bits per heavy atom. The third kappa shape index (κ3) is 4.96. The summed E-state index contributed by atoms with van der Waals surface area (Å²) in [5, 5.41) is 0. The average molecular weight is 457 g/mol. The van der Waals surface area contributed by atoms with Crippen LogP contribution in [-0.2, 0) is 4.79 Å². The van der Waals surface area contributed by atoms with E-state index in [0.717, 1.165) is 32.4 Å². The van der Waals surface area contributed by atoms with Gasteiger partial charge in [0.25, 0.3) is 0 Å². The zero-order valence-corrected chi connectivity index (χ0v) is 16.6. The second kappa shape index (κ2) is 8.52. The van der Waals surface area contributed by atoms with E-state index in [4.69, 9.17) is 0 Å². The maximum absolute atomic E-state index is 13.4. The summed E-state index contributed by atoms with van der Waals surface area (Å²) < 4.78 is 40.1. The summed E-state index contributed by atoms with van der Waals surface area (Å²) in [7, 11) is 0. The van der Waals surface area contributed by atoms with Crippen molar-refractivity contribution in [3.8, 4) is 0 Å². The SMILES string of the molecule is CCC(CC)[C@H]1CCN(CC2CCC(C(=O)I)=CC2C(F)(F)F)C1. The van der Waals surface area contributed by atoms with E-state index in [1.54, 1.807) is 22.6 Å². The van der Waals surface area contributed by atoms with Crippen molar-refractivity contribution in [2.45, 2.75) is 52.1 Å². The van der Waals surface area contributed by atoms with Crippen molar-refractivity contribution in [3.05, 3.63) is 11.6 Å². The molecule has 3 atom stereocenters. The second-order valence-corrected chi connectivity index (χ2v) is 8.20. The summed E-state index contributed by atoms with van der Waals surface area (Å²) in [6.07, 6.45) is 1.25. The van der Waals surface area contributed by atoms with E-state index < -0.39 is 18.0 Å². The van der Waals surface area contributed by atoms with E-state index >= 15 is 0 Å². The number of carbonyl (C=O) groups excluding carboxylic acids is 1. The van der Waals surface area contributed by atoms with Crippen LogP contribution in [0.1, 0.15) is 46.0 Å². The maximum Gasteiger partial charge on any atom is 0.395 e. The fourth-order valence-electron chi connectivity index (χ4n) is 4.39. The first-order chi connectivity index (χ1) is 11.3. The largest absolute Gasteiger partial charge is 0.395 e. The van der Waals surface area contributed by atoms with E-state index in [1.165, 1.54) is 6.08 Å². The van der Waals surface area contributed by atoms with Crippen LogP contribution in [0.5, 0.6) is 0 Å². The van der Waals surface area contributed by atoms with Crippen LogP contribution in [0.3, 0.4) is 0 Å². The van der Waals surface area contributed by atoms with Gasteiger partial charge in [-0.1, -0.05) is 32.8 Å². The monoisotopic (exact) mass is 457 g/mol. The Morgan fingerprint density at radius 3 is 2.54 bits per heavy atom. The van der Waals surface area contributed by atoms with Crippen LogP contribution in [0.4, 0.5) is 13.2 Å². The first kappa shape index (κ1) is 20.2. The minimum atomic E-state index is -4.27. The number of nitrogens with zero attached hydrogens (tertiary/aromatic N) is 1. The van der Waals surface area contributed by atoms with Gasteiger partial charge in [0.1, 0.15) is 0 Å². The van der Waals surface area contributed by atoms with Gasteiger partial charge in [-0.2, -0.15) is 13.2 Å². The number of allylic oxidation sites excluding steroid dienone is 2. The minimum absolute atomic E-state index is 0.254. The molecule has 2 unspecified atom stereocenters. The van der Waals surface area contributed by atoms with Crippen molar-refractivity contribution < 1.29 is 18.0 Å². The Kier molecular flexibility index (Phi) is 7.17. The summed E-state index contributed by atoms with van der Waals surface area (Å²) in [6, 6.07) is 0. The van der Waals surface area contributed by atoms with Crippen molar-refractivity contribution in [3.63, 3.8) is 0 Å². The molecule has 1 aliphatic carbocycles. The van der Waals surface area contributed by atoms with E-state index in [-0.39, 0.29) is 3.79 Å². The highest BCUT2D eigenvalue weighted by Gasteiger charge is 2.46. The quantitative estimate of drug-likeness (QED) is 0.403. The van der Waals surface area contributed by atoms with Crippen LogP contribution in [-0.4, -0.2) is 34.5 Å². The molecule has 2 nitrogen and oxygen atoms in total. The minimum Gasteiger partial charge on any atom is -0.303 e. The molecule has 0 amide bonds. The predicted octanol–water partition coefficient (Wildman–Crippen LogP) is 5.22. The van der Waals surface area contributed by atoms with Gasteiger partial charge in [0.15, 0.2) is 0 Å². The van der Waals surface area contributed by atoms with E-state index in [0.29, 0.717) is 36.8 Å². The lowest BCUT2D eigenvalue weighted by Crippen LogP contribution is -2.39. The van der Waals surface area contributed by atoms with Gasteiger partial charge in [0.05, 0.1) is 5.92 Å². The number of alkyl halides is 3. The molecule has 0 radical (unpaired) electrons. The van der Waals surface area contributed by atoms with E-state index in [1.807, 2.05) is 0 Å². The van der Waals surface area contributed by atoms with Crippen molar-refractivity contribution in [2.75, 3.05) is 19.6 Å². The first-order valence-corrected chi connectivity index (χ1v) is 10.0. The average Bonchev–Trinajstić information content (AvgIpc) is 2.96. The molecule has 1 heterocycles. The molecule has 2 rings (SSSR count). The molecule has 6 heteroatoms. The lowest BCUT2D eigenvalue weighted by molar-refractivity contribution is -0.177. The normalized spacial score (nSPS) is 29.1. The van der Waals surface area contributed by atoms with Gasteiger partial charge < -0.3 is 4.90 Å². The lowest BCUT2D eigenvalue weighted by atomic mass is 9.80. The Bertz CT molecular complexity index is 473. The highest BCUT2D eigenvalue weighted by atomic mass is 127. The molecule has 1 aliphatic heterocycles. The van der Waals surface area contributed by atoms with Crippen LogP contribution in [0.25, 0.3) is 0 Å². The van der Waals surface area contributed by atoms with Crippen LogP contribution in [0.2, 0.25) is 0 Å². The number of carbonyl (C=O) groups is 1. The summed E-state index contributed by atoms with van der Waals surface area (Å²) >= 11 is 1.59. The molecule has 0 spiro atoms. The fourth-order valence-corrected chi connectivity index (χ4v) is 4.84. The number of hydrogen-bond acceptors (Lipinski definition) is 2. The highest BCUT2D eigenvalue weighted by Crippen LogP contribution is 2.42. The van der Waals surface area contributed by atoms with Crippen LogP contribution in [0, 0.1) is 23.7 Å². The Balaban J connectivity index is 2.02. The molecule has 24 heavy (non-hydrogen) atoms. The number of likely N-dealkylation sites (tertiary alicyclic amines) is 1. The molecule has 1 saturated heterocycles. The Morgan fingerprint density at radius 1 is 1.33 bits per heavy atom. The summed E-state index contributed by atoms with van der Waals surface area (Å²) in [6.45, 7) is 6.73. The smallest absolute Gasteiger partial charge is 0.303 e. The zero-order chi connectivity index (χ0) is 17.9. The zero-order valence-electron chi connectivity index (χ0n) is 14.4. The molecular formula is C18H27F3INO. The summed E-state index contributed by atoms with van der Waals surface area (Å²) in [5.74, 6) is -0.602. The van der Waals surface area contributed by atoms with E-state index in [2.05, 4.69) is 18.7 Å². The van der Waals surface area contributed by atoms with Crippen LogP contribution in [0.15, 0.2) is 11.6 Å². The topological polar surface area (TPSA) is 20.3 Å².